The van der Waals surface area contributed by atoms with E-state index in [0.29, 0.717) is 12.1 Å². The summed E-state index contributed by atoms with van der Waals surface area (Å²) in [6.45, 7) is 7.72. The molecule has 1 heterocycles. The van der Waals surface area contributed by atoms with E-state index in [1.54, 1.807) is 0 Å². The van der Waals surface area contributed by atoms with Crippen LogP contribution in [0.15, 0.2) is 12.3 Å². The maximum Gasteiger partial charge on any atom is 0.0640 e. The summed E-state index contributed by atoms with van der Waals surface area (Å²) >= 11 is 0. The molecular weight excluding hydrogens is 234 g/mol. The topological polar surface area (TPSA) is 29.9 Å². The zero-order valence-electron chi connectivity index (χ0n) is 12.7. The van der Waals surface area contributed by atoms with Crippen LogP contribution in [-0.4, -0.2) is 22.4 Å². The van der Waals surface area contributed by atoms with Crippen LogP contribution >= 0.6 is 0 Å². The zero-order chi connectivity index (χ0) is 13.7. The molecule has 0 saturated heterocycles. The quantitative estimate of drug-likeness (QED) is 0.777. The van der Waals surface area contributed by atoms with Crippen molar-refractivity contribution in [3.8, 4) is 0 Å². The third-order valence-electron chi connectivity index (χ3n) is 4.17. The van der Waals surface area contributed by atoms with Crippen molar-refractivity contribution in [3.63, 3.8) is 0 Å². The summed E-state index contributed by atoms with van der Waals surface area (Å²) in [6, 6.07) is 3.25. The Balaban J connectivity index is 1.88. The number of rotatable bonds is 8. The van der Waals surface area contributed by atoms with Gasteiger partial charge in [-0.15, -0.1) is 0 Å². The Kier molecular flexibility index (Phi) is 5.44. The van der Waals surface area contributed by atoms with Crippen molar-refractivity contribution in [3.05, 3.63) is 18.0 Å². The Hall–Kier alpha value is -0.830. The zero-order valence-corrected chi connectivity index (χ0v) is 12.7. The van der Waals surface area contributed by atoms with Crippen molar-refractivity contribution in [2.24, 2.45) is 5.92 Å². The molecule has 3 heteroatoms. The van der Waals surface area contributed by atoms with E-state index in [1.807, 2.05) is 0 Å². The minimum Gasteiger partial charge on any atom is -0.314 e. The highest BCUT2D eigenvalue weighted by atomic mass is 15.3. The van der Waals surface area contributed by atoms with E-state index >= 15 is 0 Å². The fourth-order valence-electron chi connectivity index (χ4n) is 2.74. The van der Waals surface area contributed by atoms with E-state index in [2.05, 4.69) is 48.1 Å². The number of nitrogens with one attached hydrogen (secondary N) is 1. The van der Waals surface area contributed by atoms with E-state index in [9.17, 15) is 0 Å². The summed E-state index contributed by atoms with van der Waals surface area (Å²) in [5.41, 5.74) is 1.24. The van der Waals surface area contributed by atoms with Gasteiger partial charge in [0, 0.05) is 24.7 Å². The second-order valence-electron chi connectivity index (χ2n) is 6.27. The van der Waals surface area contributed by atoms with Crippen molar-refractivity contribution < 1.29 is 0 Å². The average Bonchev–Trinajstić information content (AvgIpc) is 2.79. The summed E-state index contributed by atoms with van der Waals surface area (Å²) in [6.07, 6.45) is 10.0. The fourth-order valence-corrected chi connectivity index (χ4v) is 2.74. The monoisotopic (exact) mass is 263 g/mol. The summed E-state index contributed by atoms with van der Waals surface area (Å²) < 4.78 is 2.07. The van der Waals surface area contributed by atoms with E-state index in [-0.39, 0.29) is 0 Å². The molecule has 0 amide bonds. The third kappa shape index (κ3) is 4.34. The number of aromatic nitrogens is 2. The molecule has 1 aromatic rings. The van der Waals surface area contributed by atoms with E-state index < -0.39 is 0 Å². The minimum absolute atomic E-state index is 0.461. The SMILES string of the molecule is CCCNC(Cc1ccn(C(C)C)n1)CC1CCC1. The Morgan fingerprint density at radius 1 is 1.42 bits per heavy atom. The van der Waals surface area contributed by atoms with Crippen molar-refractivity contribution in [1.29, 1.82) is 0 Å². The summed E-state index contributed by atoms with van der Waals surface area (Å²) in [7, 11) is 0. The van der Waals surface area contributed by atoms with Gasteiger partial charge in [0.05, 0.1) is 5.69 Å². The lowest BCUT2D eigenvalue weighted by molar-refractivity contribution is 0.258. The smallest absolute Gasteiger partial charge is 0.0640 e. The summed E-state index contributed by atoms with van der Waals surface area (Å²) in [5.74, 6) is 0.960. The van der Waals surface area contributed by atoms with Crippen LogP contribution in [-0.2, 0) is 6.42 Å². The molecule has 1 N–H and O–H groups in total. The van der Waals surface area contributed by atoms with Crippen LogP contribution in [0.2, 0.25) is 0 Å². The maximum absolute atomic E-state index is 4.69. The van der Waals surface area contributed by atoms with Crippen LogP contribution in [0.5, 0.6) is 0 Å². The average molecular weight is 263 g/mol. The first-order valence-corrected chi connectivity index (χ1v) is 7.96. The lowest BCUT2D eigenvalue weighted by Gasteiger charge is -2.30. The molecule has 0 spiro atoms. The number of nitrogens with zero attached hydrogens (tertiary/aromatic N) is 2. The van der Waals surface area contributed by atoms with Crippen LogP contribution in [0.3, 0.4) is 0 Å². The Morgan fingerprint density at radius 2 is 2.21 bits per heavy atom. The highest BCUT2D eigenvalue weighted by Crippen LogP contribution is 2.31. The Labute approximate surface area is 117 Å². The predicted molar refractivity (Wildman–Crippen MR) is 80.4 cm³/mol. The second kappa shape index (κ2) is 7.09. The minimum atomic E-state index is 0.461. The normalized spacial score (nSPS) is 17.7. The van der Waals surface area contributed by atoms with Crippen LogP contribution in [0.4, 0.5) is 0 Å². The molecule has 1 aliphatic carbocycles. The highest BCUT2D eigenvalue weighted by molar-refractivity contribution is 5.02. The van der Waals surface area contributed by atoms with Gasteiger partial charge in [-0.3, -0.25) is 4.68 Å². The predicted octanol–water partition coefficient (Wildman–Crippen LogP) is 3.56. The molecule has 1 atom stereocenters. The molecule has 2 rings (SSSR count). The lowest BCUT2D eigenvalue weighted by Crippen LogP contribution is -2.35. The molecule has 1 aromatic heterocycles. The molecule has 108 valence electrons. The molecule has 0 bridgehead atoms. The van der Waals surface area contributed by atoms with Crippen LogP contribution < -0.4 is 5.32 Å². The van der Waals surface area contributed by atoms with E-state index in [1.165, 1.54) is 37.8 Å². The van der Waals surface area contributed by atoms with Gasteiger partial charge in [0.25, 0.3) is 0 Å². The van der Waals surface area contributed by atoms with Gasteiger partial charge >= 0.3 is 0 Å². The number of hydrogen-bond donors (Lipinski definition) is 1. The first-order chi connectivity index (χ1) is 9.19. The second-order valence-corrected chi connectivity index (χ2v) is 6.27. The molecule has 1 unspecified atom stereocenters. The fraction of sp³-hybridized carbons (Fsp3) is 0.812. The molecule has 1 fully saturated rings. The molecular formula is C16H29N3. The lowest BCUT2D eigenvalue weighted by atomic mass is 9.80. The molecule has 19 heavy (non-hydrogen) atoms. The Bertz CT molecular complexity index is 366. The van der Waals surface area contributed by atoms with Gasteiger partial charge < -0.3 is 5.32 Å². The summed E-state index contributed by atoms with van der Waals surface area (Å²) in [4.78, 5) is 0. The van der Waals surface area contributed by atoms with Crippen LogP contribution in [0.25, 0.3) is 0 Å². The maximum atomic E-state index is 4.69. The first kappa shape index (κ1) is 14.6. The van der Waals surface area contributed by atoms with Gasteiger partial charge in [-0.2, -0.15) is 5.10 Å². The molecule has 0 radical (unpaired) electrons. The number of hydrogen-bond acceptors (Lipinski definition) is 2. The molecule has 3 nitrogen and oxygen atoms in total. The largest absolute Gasteiger partial charge is 0.314 e. The van der Waals surface area contributed by atoms with Crippen molar-refractivity contribution in [2.75, 3.05) is 6.54 Å². The molecule has 0 aliphatic heterocycles. The van der Waals surface area contributed by atoms with Gasteiger partial charge in [-0.05, 0) is 45.2 Å². The van der Waals surface area contributed by atoms with Gasteiger partial charge in [-0.25, -0.2) is 0 Å². The van der Waals surface area contributed by atoms with Crippen LogP contribution in [0.1, 0.15) is 64.6 Å². The summed E-state index contributed by atoms with van der Waals surface area (Å²) in [5, 5.41) is 8.39. The van der Waals surface area contributed by atoms with Crippen LogP contribution in [0, 0.1) is 5.92 Å². The molecule has 0 aromatic carbocycles. The van der Waals surface area contributed by atoms with Crippen molar-refractivity contribution in [2.45, 2.75) is 71.4 Å². The van der Waals surface area contributed by atoms with Gasteiger partial charge in [0.2, 0.25) is 0 Å². The Morgan fingerprint density at radius 3 is 2.74 bits per heavy atom. The standard InChI is InChI=1S/C16H29N3/c1-4-9-17-16(11-14-6-5-7-14)12-15-8-10-19(18-15)13(2)3/h8,10,13-14,16-17H,4-7,9,11-12H2,1-3H3. The van der Waals surface area contributed by atoms with Crippen molar-refractivity contribution in [1.82, 2.24) is 15.1 Å². The molecule has 1 aliphatic rings. The third-order valence-corrected chi connectivity index (χ3v) is 4.17. The van der Waals surface area contributed by atoms with Gasteiger partial charge in [0.1, 0.15) is 0 Å². The van der Waals surface area contributed by atoms with E-state index in [4.69, 9.17) is 0 Å². The molecule has 1 saturated carbocycles. The van der Waals surface area contributed by atoms with Gasteiger partial charge in [-0.1, -0.05) is 26.2 Å². The highest BCUT2D eigenvalue weighted by Gasteiger charge is 2.22. The van der Waals surface area contributed by atoms with E-state index in [0.717, 1.165) is 18.9 Å². The van der Waals surface area contributed by atoms with Gasteiger partial charge in [0.15, 0.2) is 0 Å². The first-order valence-electron chi connectivity index (χ1n) is 7.96. The van der Waals surface area contributed by atoms with Crippen molar-refractivity contribution >= 4 is 0 Å².